The lowest BCUT2D eigenvalue weighted by Gasteiger charge is -2.40. The van der Waals surface area contributed by atoms with Crippen LogP contribution in [0.3, 0.4) is 0 Å². The summed E-state index contributed by atoms with van der Waals surface area (Å²) in [5.41, 5.74) is 1.60. The van der Waals surface area contributed by atoms with Crippen LogP contribution in [0.15, 0.2) is 41.2 Å². The first kappa shape index (κ1) is 18.4. The largest absolute Gasteiger partial charge is 0.491 e. The minimum Gasteiger partial charge on any atom is -0.491 e. The first-order valence-electron chi connectivity index (χ1n) is 9.41. The van der Waals surface area contributed by atoms with Crippen molar-refractivity contribution in [2.45, 2.75) is 32.4 Å². The molecule has 2 aliphatic rings. The van der Waals surface area contributed by atoms with Crippen LogP contribution in [0.1, 0.15) is 31.1 Å². The van der Waals surface area contributed by atoms with Crippen molar-refractivity contribution in [2.24, 2.45) is 0 Å². The Morgan fingerprint density at radius 1 is 1.21 bits per heavy atom. The van der Waals surface area contributed by atoms with Gasteiger partial charge in [-0.25, -0.2) is 4.79 Å². The molecule has 1 fully saturated rings. The fraction of sp³-hybridized carbons (Fsp3) is 0.429. The molecule has 1 saturated heterocycles. The second kappa shape index (κ2) is 6.89. The smallest absolute Gasteiger partial charge is 0.410 e. The molecule has 7 heteroatoms. The highest BCUT2D eigenvalue weighted by Crippen LogP contribution is 2.35. The van der Waals surface area contributed by atoms with Gasteiger partial charge < -0.3 is 23.7 Å². The molecule has 2 amide bonds. The van der Waals surface area contributed by atoms with Crippen LogP contribution in [-0.4, -0.2) is 59.7 Å². The number of rotatable bonds is 1. The maximum atomic E-state index is 13.4. The average molecular weight is 384 g/mol. The molecule has 2 aromatic rings. The summed E-state index contributed by atoms with van der Waals surface area (Å²) in [6, 6.07) is 7.17. The Morgan fingerprint density at radius 3 is 2.75 bits per heavy atom. The normalized spacial score (nSPS) is 19.4. The van der Waals surface area contributed by atoms with E-state index < -0.39 is 5.60 Å². The van der Waals surface area contributed by atoms with E-state index in [2.05, 4.69) is 0 Å². The zero-order valence-corrected chi connectivity index (χ0v) is 16.3. The van der Waals surface area contributed by atoms with Crippen LogP contribution in [-0.2, 0) is 4.74 Å². The Hall–Kier alpha value is -2.96. The lowest BCUT2D eigenvalue weighted by atomic mass is 9.99. The van der Waals surface area contributed by atoms with Crippen molar-refractivity contribution >= 4 is 12.0 Å². The molecule has 1 aromatic carbocycles. The van der Waals surface area contributed by atoms with Gasteiger partial charge in [0.2, 0.25) is 0 Å². The molecule has 148 valence electrons. The van der Waals surface area contributed by atoms with E-state index in [1.807, 2.05) is 39.0 Å². The summed E-state index contributed by atoms with van der Waals surface area (Å²) >= 11 is 0. The molecule has 0 N–H and O–H groups in total. The van der Waals surface area contributed by atoms with Gasteiger partial charge in [0.25, 0.3) is 5.91 Å². The van der Waals surface area contributed by atoms with E-state index >= 15 is 0 Å². The van der Waals surface area contributed by atoms with Crippen molar-refractivity contribution in [1.29, 1.82) is 0 Å². The highest BCUT2D eigenvalue weighted by Gasteiger charge is 2.38. The van der Waals surface area contributed by atoms with E-state index in [1.165, 1.54) is 0 Å². The fourth-order valence-electron chi connectivity index (χ4n) is 3.62. The highest BCUT2D eigenvalue weighted by atomic mass is 16.6. The molecule has 7 nitrogen and oxygen atoms in total. The van der Waals surface area contributed by atoms with Crippen LogP contribution in [0.5, 0.6) is 5.75 Å². The fourth-order valence-corrected chi connectivity index (χ4v) is 3.62. The molecule has 1 atom stereocenters. The summed E-state index contributed by atoms with van der Waals surface area (Å²) in [6.07, 6.45) is 2.84. The van der Waals surface area contributed by atoms with Gasteiger partial charge in [-0.1, -0.05) is 12.1 Å². The zero-order valence-electron chi connectivity index (χ0n) is 16.3. The minimum atomic E-state index is -0.556. The monoisotopic (exact) mass is 384 g/mol. The topological polar surface area (TPSA) is 72.2 Å². The third-order valence-electron chi connectivity index (χ3n) is 4.90. The van der Waals surface area contributed by atoms with Gasteiger partial charge in [-0.2, -0.15) is 0 Å². The van der Waals surface area contributed by atoms with Crippen LogP contribution in [0.2, 0.25) is 0 Å². The predicted molar refractivity (Wildman–Crippen MR) is 102 cm³/mol. The molecule has 2 aliphatic heterocycles. The standard InChI is InChI=1S/C21H24N2O5/c1-21(2,3)28-20(25)22-8-9-23-15(11-22)13-27-17-6-4-5-16(18(17)19(23)24)14-7-10-26-12-14/h4-7,10,12,15H,8-9,11,13H2,1-3H3. The molecule has 0 radical (unpaired) electrons. The molecule has 3 heterocycles. The number of furan rings is 1. The van der Waals surface area contributed by atoms with Crippen molar-refractivity contribution in [3.05, 3.63) is 42.4 Å². The summed E-state index contributed by atoms with van der Waals surface area (Å²) in [5, 5.41) is 0. The number of carbonyl (C=O) groups is 2. The van der Waals surface area contributed by atoms with E-state index in [0.29, 0.717) is 37.6 Å². The number of piperazine rings is 1. The Bertz CT molecular complexity index is 885. The summed E-state index contributed by atoms with van der Waals surface area (Å²) in [5.74, 6) is 0.472. The molecule has 28 heavy (non-hydrogen) atoms. The summed E-state index contributed by atoms with van der Waals surface area (Å²) in [6.45, 7) is 7.10. The number of benzene rings is 1. The second-order valence-electron chi connectivity index (χ2n) is 8.08. The van der Waals surface area contributed by atoms with Gasteiger partial charge in [0.1, 0.15) is 18.0 Å². The van der Waals surface area contributed by atoms with Crippen molar-refractivity contribution in [3.8, 4) is 16.9 Å². The third kappa shape index (κ3) is 3.44. The molecule has 0 spiro atoms. The second-order valence-corrected chi connectivity index (χ2v) is 8.08. The summed E-state index contributed by atoms with van der Waals surface area (Å²) in [4.78, 5) is 29.3. The number of nitrogens with zero attached hydrogens (tertiary/aromatic N) is 2. The molecule has 1 aromatic heterocycles. The first-order chi connectivity index (χ1) is 13.3. The number of amides is 2. The third-order valence-corrected chi connectivity index (χ3v) is 4.90. The summed E-state index contributed by atoms with van der Waals surface area (Å²) in [7, 11) is 0. The van der Waals surface area contributed by atoms with Gasteiger partial charge in [0.15, 0.2) is 0 Å². The zero-order chi connectivity index (χ0) is 19.9. The lowest BCUT2D eigenvalue weighted by Crippen LogP contribution is -2.58. The van der Waals surface area contributed by atoms with Crippen LogP contribution in [0.25, 0.3) is 11.1 Å². The highest BCUT2D eigenvalue weighted by molar-refractivity contribution is 6.04. The van der Waals surface area contributed by atoms with Gasteiger partial charge in [-0.05, 0) is 32.9 Å². The maximum Gasteiger partial charge on any atom is 0.410 e. The van der Waals surface area contributed by atoms with E-state index in [-0.39, 0.29) is 18.0 Å². The molecule has 1 unspecified atom stereocenters. The van der Waals surface area contributed by atoms with Crippen LogP contribution in [0.4, 0.5) is 4.79 Å². The Labute approximate surface area is 163 Å². The Morgan fingerprint density at radius 2 is 2.04 bits per heavy atom. The minimum absolute atomic E-state index is 0.0851. The molecule has 0 bridgehead atoms. The van der Waals surface area contributed by atoms with Gasteiger partial charge in [-0.15, -0.1) is 0 Å². The number of hydrogen-bond donors (Lipinski definition) is 0. The van der Waals surface area contributed by atoms with Gasteiger partial charge in [-0.3, -0.25) is 4.79 Å². The SMILES string of the molecule is CC(C)(C)OC(=O)N1CCN2C(=O)c3c(cccc3-c3ccoc3)OCC2C1. The van der Waals surface area contributed by atoms with Gasteiger partial charge in [0, 0.05) is 30.8 Å². The number of ether oxygens (including phenoxy) is 2. The van der Waals surface area contributed by atoms with E-state index in [0.717, 1.165) is 11.1 Å². The van der Waals surface area contributed by atoms with E-state index in [1.54, 1.807) is 28.4 Å². The predicted octanol–water partition coefficient (Wildman–Crippen LogP) is 3.40. The van der Waals surface area contributed by atoms with Gasteiger partial charge in [0.05, 0.1) is 24.1 Å². The average Bonchev–Trinajstić information content (AvgIpc) is 3.14. The van der Waals surface area contributed by atoms with Gasteiger partial charge >= 0.3 is 6.09 Å². The first-order valence-corrected chi connectivity index (χ1v) is 9.41. The molecule has 4 rings (SSSR count). The lowest BCUT2D eigenvalue weighted by molar-refractivity contribution is 0.000958. The molecule has 0 aliphatic carbocycles. The van der Waals surface area contributed by atoms with Crippen molar-refractivity contribution in [1.82, 2.24) is 9.80 Å². The van der Waals surface area contributed by atoms with E-state index in [4.69, 9.17) is 13.9 Å². The quantitative estimate of drug-likeness (QED) is 0.754. The number of carbonyl (C=O) groups excluding carboxylic acids is 2. The number of fused-ring (bicyclic) bond motifs is 2. The maximum absolute atomic E-state index is 13.4. The van der Waals surface area contributed by atoms with Crippen LogP contribution < -0.4 is 4.74 Å². The molecule has 0 saturated carbocycles. The Balaban J connectivity index is 1.59. The van der Waals surface area contributed by atoms with Crippen molar-refractivity contribution in [3.63, 3.8) is 0 Å². The summed E-state index contributed by atoms with van der Waals surface area (Å²) < 4.78 is 16.7. The molecular formula is C21H24N2O5. The van der Waals surface area contributed by atoms with Crippen LogP contribution >= 0.6 is 0 Å². The van der Waals surface area contributed by atoms with Crippen LogP contribution in [0, 0.1) is 0 Å². The van der Waals surface area contributed by atoms with E-state index in [9.17, 15) is 9.59 Å². The van der Waals surface area contributed by atoms with Crippen molar-refractivity contribution < 1.29 is 23.5 Å². The van der Waals surface area contributed by atoms with Crippen molar-refractivity contribution in [2.75, 3.05) is 26.2 Å². The number of hydrogen-bond acceptors (Lipinski definition) is 5. The molecular weight excluding hydrogens is 360 g/mol. The Kier molecular flexibility index (Phi) is 4.53.